The lowest BCUT2D eigenvalue weighted by Gasteiger charge is -2.33. The number of amides is 3. The molecule has 0 radical (unpaired) electrons. The Labute approximate surface area is 176 Å². The molecular formula is C23H26N4O3. The first kappa shape index (κ1) is 20.1. The number of carbonyl (C=O) groups excluding carboxylic acids is 3. The first-order valence-corrected chi connectivity index (χ1v) is 10.4. The molecule has 4 rings (SSSR count). The van der Waals surface area contributed by atoms with E-state index in [-0.39, 0.29) is 36.0 Å². The zero-order valence-electron chi connectivity index (χ0n) is 16.9. The van der Waals surface area contributed by atoms with E-state index in [0.29, 0.717) is 39.0 Å². The first-order valence-electron chi connectivity index (χ1n) is 10.4. The standard InChI is InChI=1S/C23H26N4O3/c28-21-13-19(16-27(21)20-6-2-1-3-7-20)23(30)26-11-8-18(9-12-26)22(29)25-15-17-5-4-10-24-14-17/h1-7,10,14,18-19H,8-9,11-13,15-16H2,(H,25,29)/t19-/m0/s1. The van der Waals surface area contributed by atoms with E-state index in [9.17, 15) is 14.4 Å². The Morgan fingerprint density at radius 3 is 2.50 bits per heavy atom. The topological polar surface area (TPSA) is 82.6 Å². The van der Waals surface area contributed by atoms with Crippen LogP contribution in [0.15, 0.2) is 54.9 Å². The highest BCUT2D eigenvalue weighted by Gasteiger charge is 2.38. The summed E-state index contributed by atoms with van der Waals surface area (Å²) in [7, 11) is 0. The quantitative estimate of drug-likeness (QED) is 0.823. The maximum atomic E-state index is 12.9. The average molecular weight is 406 g/mol. The van der Waals surface area contributed by atoms with Gasteiger partial charge in [0.15, 0.2) is 0 Å². The van der Waals surface area contributed by atoms with E-state index in [1.54, 1.807) is 17.3 Å². The lowest BCUT2D eigenvalue weighted by molar-refractivity contribution is -0.139. The summed E-state index contributed by atoms with van der Waals surface area (Å²) in [5, 5.41) is 2.96. The SMILES string of the molecule is O=C(NCc1cccnc1)C1CCN(C(=O)[C@H]2CC(=O)N(c3ccccc3)C2)CC1. The number of para-hydroxylation sites is 1. The van der Waals surface area contributed by atoms with Crippen molar-refractivity contribution in [2.45, 2.75) is 25.8 Å². The van der Waals surface area contributed by atoms with Gasteiger partial charge in [0.1, 0.15) is 0 Å². The highest BCUT2D eigenvalue weighted by molar-refractivity contribution is 6.00. The Morgan fingerprint density at radius 1 is 1.03 bits per heavy atom. The summed E-state index contributed by atoms with van der Waals surface area (Å²) in [6.07, 6.45) is 4.98. The number of hydrogen-bond donors (Lipinski definition) is 1. The van der Waals surface area contributed by atoms with E-state index in [1.807, 2.05) is 47.4 Å². The fourth-order valence-electron chi connectivity index (χ4n) is 4.19. The van der Waals surface area contributed by atoms with Gasteiger partial charge >= 0.3 is 0 Å². The third-order valence-electron chi connectivity index (χ3n) is 5.91. The van der Waals surface area contributed by atoms with Crippen molar-refractivity contribution in [3.63, 3.8) is 0 Å². The van der Waals surface area contributed by atoms with Gasteiger partial charge in [0.2, 0.25) is 17.7 Å². The molecule has 2 fully saturated rings. The highest BCUT2D eigenvalue weighted by Crippen LogP contribution is 2.27. The van der Waals surface area contributed by atoms with Crippen LogP contribution < -0.4 is 10.2 Å². The Balaban J connectivity index is 1.26. The molecular weight excluding hydrogens is 380 g/mol. The Kier molecular flexibility index (Phi) is 6.07. The van der Waals surface area contributed by atoms with Crippen LogP contribution in [0.5, 0.6) is 0 Å². The zero-order chi connectivity index (χ0) is 20.9. The van der Waals surface area contributed by atoms with Gasteiger partial charge in [-0.2, -0.15) is 0 Å². The van der Waals surface area contributed by atoms with Crippen molar-refractivity contribution in [2.75, 3.05) is 24.5 Å². The molecule has 0 aliphatic carbocycles. The van der Waals surface area contributed by atoms with E-state index < -0.39 is 0 Å². The van der Waals surface area contributed by atoms with E-state index in [2.05, 4.69) is 10.3 Å². The molecule has 7 heteroatoms. The number of piperidine rings is 1. The Bertz CT molecular complexity index is 895. The molecule has 0 bridgehead atoms. The molecule has 1 N–H and O–H groups in total. The molecule has 2 aliphatic heterocycles. The molecule has 1 aromatic carbocycles. The molecule has 3 heterocycles. The fraction of sp³-hybridized carbons (Fsp3) is 0.391. The summed E-state index contributed by atoms with van der Waals surface area (Å²) in [5.74, 6) is -0.358. The number of nitrogens with one attached hydrogen (secondary N) is 1. The van der Waals surface area contributed by atoms with Crippen LogP contribution in [0.3, 0.4) is 0 Å². The third-order valence-corrected chi connectivity index (χ3v) is 5.91. The molecule has 0 spiro atoms. The number of anilines is 1. The zero-order valence-corrected chi connectivity index (χ0v) is 16.9. The van der Waals surface area contributed by atoms with Crippen LogP contribution in [0.2, 0.25) is 0 Å². The number of likely N-dealkylation sites (tertiary alicyclic amines) is 1. The van der Waals surface area contributed by atoms with Crippen LogP contribution in [-0.2, 0) is 20.9 Å². The largest absolute Gasteiger partial charge is 0.352 e. The number of nitrogens with zero attached hydrogens (tertiary/aromatic N) is 3. The van der Waals surface area contributed by atoms with Crippen LogP contribution in [0.25, 0.3) is 0 Å². The maximum absolute atomic E-state index is 12.9. The Hall–Kier alpha value is -3.22. The van der Waals surface area contributed by atoms with E-state index in [1.165, 1.54) is 0 Å². The summed E-state index contributed by atoms with van der Waals surface area (Å²) in [4.78, 5) is 45.4. The van der Waals surface area contributed by atoms with Gasteiger partial charge in [-0.3, -0.25) is 19.4 Å². The van der Waals surface area contributed by atoms with Crippen molar-refractivity contribution in [1.82, 2.24) is 15.2 Å². The second kappa shape index (κ2) is 9.07. The number of pyridine rings is 1. The van der Waals surface area contributed by atoms with Crippen LogP contribution >= 0.6 is 0 Å². The lowest BCUT2D eigenvalue weighted by atomic mass is 9.94. The van der Waals surface area contributed by atoms with Crippen molar-refractivity contribution in [2.24, 2.45) is 11.8 Å². The molecule has 156 valence electrons. The van der Waals surface area contributed by atoms with Gasteiger partial charge in [0.25, 0.3) is 0 Å². The number of rotatable bonds is 5. The smallest absolute Gasteiger partial charge is 0.228 e. The van der Waals surface area contributed by atoms with Crippen LogP contribution in [0, 0.1) is 11.8 Å². The van der Waals surface area contributed by atoms with Gasteiger partial charge in [-0.1, -0.05) is 24.3 Å². The summed E-state index contributed by atoms with van der Waals surface area (Å²) in [6.45, 7) is 2.00. The summed E-state index contributed by atoms with van der Waals surface area (Å²) < 4.78 is 0. The van der Waals surface area contributed by atoms with E-state index in [4.69, 9.17) is 0 Å². The van der Waals surface area contributed by atoms with Gasteiger partial charge in [-0.25, -0.2) is 0 Å². The summed E-state index contributed by atoms with van der Waals surface area (Å²) in [5.41, 5.74) is 1.80. The molecule has 1 atom stereocenters. The lowest BCUT2D eigenvalue weighted by Crippen LogP contribution is -2.45. The van der Waals surface area contributed by atoms with Crippen molar-refractivity contribution in [3.8, 4) is 0 Å². The van der Waals surface area contributed by atoms with Crippen LogP contribution in [0.4, 0.5) is 5.69 Å². The molecule has 7 nitrogen and oxygen atoms in total. The molecule has 0 saturated carbocycles. The van der Waals surface area contributed by atoms with Crippen LogP contribution in [0.1, 0.15) is 24.8 Å². The fourth-order valence-corrected chi connectivity index (χ4v) is 4.19. The summed E-state index contributed by atoms with van der Waals surface area (Å²) in [6, 6.07) is 13.2. The predicted molar refractivity (Wildman–Crippen MR) is 112 cm³/mol. The van der Waals surface area contributed by atoms with E-state index >= 15 is 0 Å². The predicted octanol–water partition coefficient (Wildman–Crippen LogP) is 1.99. The van der Waals surface area contributed by atoms with Crippen molar-refractivity contribution in [3.05, 3.63) is 60.4 Å². The van der Waals surface area contributed by atoms with Crippen molar-refractivity contribution in [1.29, 1.82) is 0 Å². The highest BCUT2D eigenvalue weighted by atomic mass is 16.2. The molecule has 1 aromatic heterocycles. The molecule has 0 unspecified atom stereocenters. The van der Waals surface area contributed by atoms with Gasteiger partial charge < -0.3 is 15.1 Å². The Morgan fingerprint density at radius 2 is 1.80 bits per heavy atom. The molecule has 2 aromatic rings. The van der Waals surface area contributed by atoms with E-state index in [0.717, 1.165) is 11.3 Å². The number of carbonyl (C=O) groups is 3. The minimum Gasteiger partial charge on any atom is -0.352 e. The minimum absolute atomic E-state index is 0.00999. The van der Waals surface area contributed by atoms with Crippen molar-refractivity contribution < 1.29 is 14.4 Å². The summed E-state index contributed by atoms with van der Waals surface area (Å²) >= 11 is 0. The first-order chi connectivity index (χ1) is 14.6. The van der Waals surface area contributed by atoms with Gasteiger partial charge in [0.05, 0.1) is 5.92 Å². The number of hydrogen-bond acceptors (Lipinski definition) is 4. The van der Waals surface area contributed by atoms with Gasteiger partial charge in [0, 0.05) is 56.6 Å². The molecule has 3 amide bonds. The second-order valence-electron chi connectivity index (χ2n) is 7.92. The normalized spacial score (nSPS) is 19.7. The molecule has 2 saturated heterocycles. The molecule has 2 aliphatic rings. The number of aromatic nitrogens is 1. The number of benzene rings is 1. The minimum atomic E-state index is -0.311. The van der Waals surface area contributed by atoms with Gasteiger partial charge in [-0.05, 0) is 36.6 Å². The second-order valence-corrected chi connectivity index (χ2v) is 7.92. The molecule has 30 heavy (non-hydrogen) atoms. The van der Waals surface area contributed by atoms with Crippen LogP contribution in [-0.4, -0.2) is 47.2 Å². The monoisotopic (exact) mass is 406 g/mol. The van der Waals surface area contributed by atoms with Crippen molar-refractivity contribution >= 4 is 23.4 Å². The maximum Gasteiger partial charge on any atom is 0.228 e. The van der Waals surface area contributed by atoms with Gasteiger partial charge in [-0.15, -0.1) is 0 Å². The third kappa shape index (κ3) is 4.50. The average Bonchev–Trinajstić information content (AvgIpc) is 3.20.